The average Bonchev–Trinajstić information content (AvgIpc) is 2.33. The van der Waals surface area contributed by atoms with Gasteiger partial charge in [0.2, 0.25) is 5.91 Å². The predicted molar refractivity (Wildman–Crippen MR) is 79.9 cm³/mol. The zero-order chi connectivity index (χ0) is 14.4. The summed E-state index contributed by atoms with van der Waals surface area (Å²) in [6.45, 7) is 10.4. The van der Waals surface area contributed by atoms with Crippen LogP contribution in [0, 0.1) is 5.92 Å². The molecule has 4 nitrogen and oxygen atoms in total. The van der Waals surface area contributed by atoms with Gasteiger partial charge >= 0.3 is 0 Å². The maximum atomic E-state index is 12.1. The third-order valence-corrected chi connectivity index (χ3v) is 4.15. The Morgan fingerprint density at radius 3 is 2.32 bits per heavy atom. The molecule has 0 bridgehead atoms. The second-order valence-corrected chi connectivity index (χ2v) is 6.27. The quantitative estimate of drug-likeness (QED) is 0.772. The van der Waals surface area contributed by atoms with Crippen LogP contribution in [0.1, 0.15) is 53.4 Å². The fourth-order valence-electron chi connectivity index (χ4n) is 3.04. The Kier molecular flexibility index (Phi) is 6.80. The van der Waals surface area contributed by atoms with Gasteiger partial charge in [-0.1, -0.05) is 12.8 Å². The largest absolute Gasteiger partial charge is 0.355 e. The van der Waals surface area contributed by atoms with Crippen LogP contribution in [-0.4, -0.2) is 42.0 Å². The summed E-state index contributed by atoms with van der Waals surface area (Å²) in [7, 11) is 0. The van der Waals surface area contributed by atoms with Crippen molar-refractivity contribution in [3.8, 4) is 0 Å². The summed E-state index contributed by atoms with van der Waals surface area (Å²) in [5, 5.41) is 3.06. The van der Waals surface area contributed by atoms with Crippen molar-refractivity contribution in [2.75, 3.05) is 13.1 Å². The van der Waals surface area contributed by atoms with Gasteiger partial charge < -0.3 is 11.1 Å². The normalized spacial score (nSPS) is 24.2. The molecule has 1 fully saturated rings. The Morgan fingerprint density at radius 1 is 1.21 bits per heavy atom. The molecule has 3 N–H and O–H groups in total. The van der Waals surface area contributed by atoms with Gasteiger partial charge in [-0.05, 0) is 40.5 Å². The third-order valence-electron chi connectivity index (χ3n) is 4.15. The van der Waals surface area contributed by atoms with E-state index in [2.05, 4.69) is 37.9 Å². The van der Waals surface area contributed by atoms with Gasteiger partial charge in [-0.25, -0.2) is 0 Å². The van der Waals surface area contributed by atoms with Crippen molar-refractivity contribution in [2.45, 2.75) is 71.5 Å². The lowest BCUT2D eigenvalue weighted by molar-refractivity contribution is -0.126. The zero-order valence-corrected chi connectivity index (χ0v) is 13.0. The molecule has 2 unspecified atom stereocenters. The summed E-state index contributed by atoms with van der Waals surface area (Å²) >= 11 is 0. The highest BCUT2D eigenvalue weighted by Gasteiger charge is 2.28. The van der Waals surface area contributed by atoms with Crippen molar-refractivity contribution in [1.82, 2.24) is 10.2 Å². The van der Waals surface area contributed by atoms with E-state index in [1.165, 1.54) is 6.42 Å². The van der Waals surface area contributed by atoms with E-state index in [-0.39, 0.29) is 17.9 Å². The summed E-state index contributed by atoms with van der Waals surface area (Å²) < 4.78 is 0. The molecule has 19 heavy (non-hydrogen) atoms. The average molecular weight is 269 g/mol. The lowest BCUT2D eigenvalue weighted by atomic mass is 9.84. The molecule has 112 valence electrons. The van der Waals surface area contributed by atoms with E-state index in [0.29, 0.717) is 12.1 Å². The van der Waals surface area contributed by atoms with Gasteiger partial charge in [0, 0.05) is 31.2 Å². The van der Waals surface area contributed by atoms with Crippen molar-refractivity contribution in [3.63, 3.8) is 0 Å². The minimum Gasteiger partial charge on any atom is -0.355 e. The van der Waals surface area contributed by atoms with Gasteiger partial charge in [-0.3, -0.25) is 9.69 Å². The van der Waals surface area contributed by atoms with Crippen molar-refractivity contribution in [2.24, 2.45) is 11.7 Å². The Balaban J connectivity index is 2.33. The molecule has 0 spiro atoms. The van der Waals surface area contributed by atoms with Crippen LogP contribution < -0.4 is 11.1 Å². The van der Waals surface area contributed by atoms with E-state index in [4.69, 9.17) is 5.73 Å². The Labute approximate surface area is 118 Å². The SMILES string of the molecule is CC(C)N(CCNC(=O)C1CCCCC1N)C(C)C. The van der Waals surface area contributed by atoms with Gasteiger partial charge in [0.25, 0.3) is 0 Å². The molecule has 1 saturated carbocycles. The molecule has 0 aromatic heterocycles. The highest BCUT2D eigenvalue weighted by atomic mass is 16.1. The van der Waals surface area contributed by atoms with Crippen LogP contribution in [0.5, 0.6) is 0 Å². The molecule has 1 amide bonds. The van der Waals surface area contributed by atoms with E-state index in [1.807, 2.05) is 0 Å². The number of nitrogens with two attached hydrogens (primary N) is 1. The van der Waals surface area contributed by atoms with Crippen molar-refractivity contribution in [3.05, 3.63) is 0 Å². The van der Waals surface area contributed by atoms with E-state index in [0.717, 1.165) is 32.4 Å². The molecule has 4 heteroatoms. The second-order valence-electron chi connectivity index (χ2n) is 6.27. The van der Waals surface area contributed by atoms with E-state index in [1.54, 1.807) is 0 Å². The molecular weight excluding hydrogens is 238 g/mol. The number of nitrogens with one attached hydrogen (secondary N) is 1. The van der Waals surface area contributed by atoms with Crippen LogP contribution in [0.25, 0.3) is 0 Å². The first-order valence-electron chi connectivity index (χ1n) is 7.72. The summed E-state index contributed by atoms with van der Waals surface area (Å²) in [6, 6.07) is 1.07. The van der Waals surface area contributed by atoms with E-state index in [9.17, 15) is 4.79 Å². The smallest absolute Gasteiger partial charge is 0.224 e. The molecule has 0 aromatic carbocycles. The highest BCUT2D eigenvalue weighted by molar-refractivity contribution is 5.79. The maximum absolute atomic E-state index is 12.1. The molecule has 0 heterocycles. The molecule has 0 radical (unpaired) electrons. The summed E-state index contributed by atoms with van der Waals surface area (Å²) in [6.07, 6.45) is 4.24. The van der Waals surface area contributed by atoms with Crippen molar-refractivity contribution < 1.29 is 4.79 Å². The topological polar surface area (TPSA) is 58.4 Å². The van der Waals surface area contributed by atoms with Gasteiger partial charge in [0.15, 0.2) is 0 Å². The first-order chi connectivity index (χ1) is 8.93. The summed E-state index contributed by atoms with van der Waals surface area (Å²) in [5.41, 5.74) is 6.04. The summed E-state index contributed by atoms with van der Waals surface area (Å²) in [4.78, 5) is 14.5. The fourth-order valence-corrected chi connectivity index (χ4v) is 3.04. The van der Waals surface area contributed by atoms with Gasteiger partial charge in [-0.2, -0.15) is 0 Å². The van der Waals surface area contributed by atoms with E-state index < -0.39 is 0 Å². The Bertz CT molecular complexity index is 271. The Morgan fingerprint density at radius 2 is 1.79 bits per heavy atom. The minimum absolute atomic E-state index is 0.0281. The van der Waals surface area contributed by atoms with Crippen LogP contribution in [0.3, 0.4) is 0 Å². The molecule has 1 aliphatic rings. The first-order valence-corrected chi connectivity index (χ1v) is 7.72. The fraction of sp³-hybridized carbons (Fsp3) is 0.933. The molecule has 0 saturated heterocycles. The van der Waals surface area contributed by atoms with Crippen LogP contribution in [0.15, 0.2) is 0 Å². The molecule has 0 aromatic rings. The number of carbonyl (C=O) groups excluding carboxylic acids is 1. The van der Waals surface area contributed by atoms with Crippen molar-refractivity contribution in [1.29, 1.82) is 0 Å². The number of hydrogen-bond donors (Lipinski definition) is 2. The number of carbonyl (C=O) groups is 1. The van der Waals surface area contributed by atoms with E-state index >= 15 is 0 Å². The van der Waals surface area contributed by atoms with Gasteiger partial charge in [0.05, 0.1) is 5.92 Å². The monoisotopic (exact) mass is 269 g/mol. The van der Waals surface area contributed by atoms with Gasteiger partial charge in [-0.15, -0.1) is 0 Å². The van der Waals surface area contributed by atoms with Crippen LogP contribution in [0.4, 0.5) is 0 Å². The van der Waals surface area contributed by atoms with Crippen LogP contribution >= 0.6 is 0 Å². The third kappa shape index (κ3) is 5.11. The zero-order valence-electron chi connectivity index (χ0n) is 13.0. The first kappa shape index (κ1) is 16.4. The molecule has 0 aliphatic heterocycles. The number of rotatable bonds is 6. The molecule has 2 atom stereocenters. The standard InChI is InChI=1S/C15H31N3O/c1-11(2)18(12(3)4)10-9-17-15(19)13-7-5-6-8-14(13)16/h11-14H,5-10,16H2,1-4H3,(H,17,19). The number of nitrogens with zero attached hydrogens (tertiary/aromatic N) is 1. The second kappa shape index (κ2) is 7.85. The Hall–Kier alpha value is -0.610. The van der Waals surface area contributed by atoms with Gasteiger partial charge in [0.1, 0.15) is 0 Å². The summed E-state index contributed by atoms with van der Waals surface area (Å²) in [5.74, 6) is 0.181. The maximum Gasteiger partial charge on any atom is 0.224 e. The molecule has 1 rings (SSSR count). The van der Waals surface area contributed by atoms with Crippen LogP contribution in [-0.2, 0) is 4.79 Å². The lowest BCUT2D eigenvalue weighted by Gasteiger charge is -2.31. The highest BCUT2D eigenvalue weighted by Crippen LogP contribution is 2.22. The number of amides is 1. The minimum atomic E-state index is 0.0281. The van der Waals surface area contributed by atoms with Crippen molar-refractivity contribution >= 4 is 5.91 Å². The van der Waals surface area contributed by atoms with Crippen LogP contribution in [0.2, 0.25) is 0 Å². The number of hydrogen-bond acceptors (Lipinski definition) is 3. The predicted octanol–water partition coefficient (Wildman–Crippen LogP) is 1.74. The lowest BCUT2D eigenvalue weighted by Crippen LogP contribution is -2.47. The molecular formula is C15H31N3O. The molecule has 1 aliphatic carbocycles.